The maximum Gasteiger partial charge on any atom is 0.254 e. The first kappa shape index (κ1) is 16.5. The van der Waals surface area contributed by atoms with Gasteiger partial charge in [0.1, 0.15) is 11.6 Å². The highest BCUT2D eigenvalue weighted by atomic mass is 19.1. The van der Waals surface area contributed by atoms with Gasteiger partial charge in [0.05, 0.1) is 6.04 Å². The second kappa shape index (κ2) is 6.37. The number of fused-ring (bicyclic) bond motifs is 1. The summed E-state index contributed by atoms with van der Waals surface area (Å²) in [5, 5.41) is 0. The van der Waals surface area contributed by atoms with E-state index >= 15 is 0 Å². The van der Waals surface area contributed by atoms with Gasteiger partial charge >= 0.3 is 0 Å². The number of halogens is 2. The largest absolute Gasteiger partial charge is 0.334 e. The Morgan fingerprint density at radius 3 is 1.92 bits per heavy atom. The summed E-state index contributed by atoms with van der Waals surface area (Å²) >= 11 is 0. The molecule has 0 bridgehead atoms. The van der Waals surface area contributed by atoms with Crippen molar-refractivity contribution in [2.45, 2.75) is 12.0 Å². The average Bonchev–Trinajstić information content (AvgIpc) is 2.66. The van der Waals surface area contributed by atoms with E-state index in [0.717, 1.165) is 16.7 Å². The summed E-state index contributed by atoms with van der Waals surface area (Å²) in [7, 11) is 1.75. The van der Waals surface area contributed by atoms with E-state index in [0.29, 0.717) is 5.56 Å². The fourth-order valence-corrected chi connectivity index (χ4v) is 3.78. The van der Waals surface area contributed by atoms with Crippen molar-refractivity contribution in [3.63, 3.8) is 0 Å². The van der Waals surface area contributed by atoms with Crippen molar-refractivity contribution in [2.24, 2.45) is 0 Å². The number of amides is 1. The Kier molecular flexibility index (Phi) is 4.03. The third-order valence-corrected chi connectivity index (χ3v) is 5.02. The van der Waals surface area contributed by atoms with Crippen molar-refractivity contribution >= 4 is 5.91 Å². The first-order valence-corrected chi connectivity index (χ1v) is 8.43. The lowest BCUT2D eigenvalue weighted by molar-refractivity contribution is 0.0686. The van der Waals surface area contributed by atoms with Gasteiger partial charge in [0, 0.05) is 18.5 Å². The predicted octanol–water partition coefficient (Wildman–Crippen LogP) is 4.92. The van der Waals surface area contributed by atoms with Crippen molar-refractivity contribution in [2.75, 3.05) is 7.05 Å². The van der Waals surface area contributed by atoms with Gasteiger partial charge in [-0.2, -0.15) is 0 Å². The summed E-state index contributed by atoms with van der Waals surface area (Å²) in [6.07, 6.45) is 0. The molecular formula is C22H17F2NO. The van der Waals surface area contributed by atoms with Crippen LogP contribution in [0.3, 0.4) is 0 Å². The zero-order valence-electron chi connectivity index (χ0n) is 14.2. The lowest BCUT2D eigenvalue weighted by Gasteiger charge is -2.41. The second-order valence-electron chi connectivity index (χ2n) is 6.53. The van der Waals surface area contributed by atoms with Crippen molar-refractivity contribution in [3.8, 4) is 0 Å². The molecule has 0 spiro atoms. The van der Waals surface area contributed by atoms with Gasteiger partial charge in [-0.3, -0.25) is 4.79 Å². The lowest BCUT2D eigenvalue weighted by atomic mass is 9.76. The molecule has 0 aliphatic carbocycles. The van der Waals surface area contributed by atoms with E-state index in [4.69, 9.17) is 0 Å². The summed E-state index contributed by atoms with van der Waals surface area (Å²) in [4.78, 5) is 14.6. The van der Waals surface area contributed by atoms with Gasteiger partial charge in [0.25, 0.3) is 5.91 Å². The molecule has 1 aliphatic heterocycles. The standard InChI is InChI=1S/C22H17F2NO/c1-25-21(15-8-12-17(24)13-9-15)20(14-6-10-16(23)11-7-14)18-4-2-3-5-19(18)22(25)26/h2-13,20-21H,1H3/t20-,21-/m0/s1. The fourth-order valence-electron chi connectivity index (χ4n) is 3.78. The van der Waals surface area contributed by atoms with Crippen LogP contribution in [-0.4, -0.2) is 17.9 Å². The maximum atomic E-state index is 13.4. The number of nitrogens with zero attached hydrogens (tertiary/aromatic N) is 1. The van der Waals surface area contributed by atoms with E-state index in [2.05, 4.69) is 0 Å². The number of rotatable bonds is 2. The van der Waals surface area contributed by atoms with Gasteiger partial charge in [-0.25, -0.2) is 8.78 Å². The second-order valence-corrected chi connectivity index (χ2v) is 6.53. The molecular weight excluding hydrogens is 332 g/mol. The molecule has 0 fully saturated rings. The van der Waals surface area contributed by atoms with Crippen LogP contribution >= 0.6 is 0 Å². The normalized spacial score (nSPS) is 19.3. The van der Waals surface area contributed by atoms with Crippen LogP contribution in [0.25, 0.3) is 0 Å². The molecule has 0 radical (unpaired) electrons. The molecule has 130 valence electrons. The third kappa shape index (κ3) is 2.68. The third-order valence-electron chi connectivity index (χ3n) is 5.02. The van der Waals surface area contributed by atoms with Gasteiger partial charge in [-0.15, -0.1) is 0 Å². The van der Waals surface area contributed by atoms with Crippen LogP contribution in [0.2, 0.25) is 0 Å². The number of hydrogen-bond donors (Lipinski definition) is 0. The maximum absolute atomic E-state index is 13.4. The summed E-state index contributed by atoms with van der Waals surface area (Å²) < 4.78 is 26.9. The molecule has 4 heteroatoms. The van der Waals surface area contributed by atoms with Crippen LogP contribution < -0.4 is 0 Å². The minimum absolute atomic E-state index is 0.0757. The van der Waals surface area contributed by atoms with Crippen LogP contribution in [-0.2, 0) is 0 Å². The van der Waals surface area contributed by atoms with Crippen LogP contribution in [0.1, 0.15) is 39.0 Å². The highest BCUT2D eigenvalue weighted by Gasteiger charge is 2.39. The Morgan fingerprint density at radius 1 is 0.769 bits per heavy atom. The molecule has 0 aromatic heterocycles. The highest BCUT2D eigenvalue weighted by Crippen LogP contribution is 2.45. The molecule has 4 rings (SSSR count). The zero-order chi connectivity index (χ0) is 18.3. The number of carbonyl (C=O) groups is 1. The molecule has 2 nitrogen and oxygen atoms in total. The van der Waals surface area contributed by atoms with Crippen LogP contribution in [0.15, 0.2) is 72.8 Å². The highest BCUT2D eigenvalue weighted by molar-refractivity contribution is 5.97. The first-order valence-electron chi connectivity index (χ1n) is 8.43. The van der Waals surface area contributed by atoms with Gasteiger partial charge in [0.15, 0.2) is 0 Å². The monoisotopic (exact) mass is 349 g/mol. The predicted molar refractivity (Wildman–Crippen MR) is 95.9 cm³/mol. The van der Waals surface area contributed by atoms with Crippen LogP contribution in [0, 0.1) is 11.6 Å². The van der Waals surface area contributed by atoms with Crippen LogP contribution in [0.5, 0.6) is 0 Å². The Bertz CT molecular complexity index is 951. The van der Waals surface area contributed by atoms with Crippen molar-refractivity contribution in [1.82, 2.24) is 4.90 Å². The van der Waals surface area contributed by atoms with E-state index in [-0.39, 0.29) is 29.5 Å². The first-order chi connectivity index (χ1) is 12.6. The summed E-state index contributed by atoms with van der Waals surface area (Å²) in [5.41, 5.74) is 3.29. The summed E-state index contributed by atoms with van der Waals surface area (Å²) in [5.74, 6) is -0.869. The smallest absolute Gasteiger partial charge is 0.254 e. The Labute approximate surface area is 150 Å². The van der Waals surface area contributed by atoms with E-state index < -0.39 is 0 Å². The van der Waals surface area contributed by atoms with E-state index in [1.54, 1.807) is 36.2 Å². The molecule has 0 N–H and O–H groups in total. The lowest BCUT2D eigenvalue weighted by Crippen LogP contribution is -2.40. The minimum Gasteiger partial charge on any atom is -0.334 e. The van der Waals surface area contributed by atoms with Gasteiger partial charge in [-0.05, 0) is 47.0 Å². The molecule has 0 saturated carbocycles. The topological polar surface area (TPSA) is 20.3 Å². The zero-order valence-corrected chi connectivity index (χ0v) is 14.2. The average molecular weight is 349 g/mol. The van der Waals surface area contributed by atoms with E-state index in [1.165, 1.54) is 24.3 Å². The minimum atomic E-state index is -0.322. The molecule has 2 atom stereocenters. The number of benzene rings is 3. The number of carbonyl (C=O) groups excluding carboxylic acids is 1. The molecule has 3 aromatic carbocycles. The molecule has 1 amide bonds. The van der Waals surface area contributed by atoms with Gasteiger partial charge < -0.3 is 4.90 Å². The molecule has 0 saturated heterocycles. The SMILES string of the molecule is CN1C(=O)c2ccccc2[C@H](c2ccc(F)cc2)[C@@H]1c1ccc(F)cc1. The molecule has 26 heavy (non-hydrogen) atoms. The quantitative estimate of drug-likeness (QED) is 0.643. The molecule has 1 heterocycles. The molecule has 1 aliphatic rings. The fraction of sp³-hybridized carbons (Fsp3) is 0.136. The Morgan fingerprint density at radius 2 is 1.31 bits per heavy atom. The molecule has 0 unspecified atom stereocenters. The van der Waals surface area contributed by atoms with Gasteiger partial charge in [-0.1, -0.05) is 42.5 Å². The Hall–Kier alpha value is -3.01. The van der Waals surface area contributed by atoms with Crippen molar-refractivity contribution in [3.05, 3.63) is 107 Å². The molecule has 3 aromatic rings. The van der Waals surface area contributed by atoms with E-state index in [9.17, 15) is 13.6 Å². The summed E-state index contributed by atoms with van der Waals surface area (Å²) in [6.45, 7) is 0. The van der Waals surface area contributed by atoms with Gasteiger partial charge in [0.2, 0.25) is 0 Å². The number of hydrogen-bond acceptors (Lipinski definition) is 1. The van der Waals surface area contributed by atoms with E-state index in [1.807, 2.05) is 24.3 Å². The van der Waals surface area contributed by atoms with Crippen LogP contribution in [0.4, 0.5) is 8.78 Å². The summed E-state index contributed by atoms with van der Waals surface area (Å²) in [6, 6.07) is 19.7. The van der Waals surface area contributed by atoms with Crippen molar-refractivity contribution < 1.29 is 13.6 Å². The number of likely N-dealkylation sites (N-methyl/N-ethyl adjacent to an activating group) is 1. The van der Waals surface area contributed by atoms with Crippen molar-refractivity contribution in [1.29, 1.82) is 0 Å². The Balaban J connectivity index is 1.93.